The van der Waals surface area contributed by atoms with Crippen molar-refractivity contribution in [3.8, 4) is 6.07 Å². The van der Waals surface area contributed by atoms with Crippen LogP contribution < -0.4 is 5.73 Å². The quantitative estimate of drug-likeness (QED) is 0.247. The van der Waals surface area contributed by atoms with Crippen LogP contribution in [-0.2, 0) is 24.5 Å². The Labute approximate surface area is 255 Å². The number of nitrogens with two attached hydrogens (primary N) is 1. The Hall–Kier alpha value is -4.59. The van der Waals surface area contributed by atoms with Crippen LogP contribution in [0, 0.1) is 11.3 Å². The van der Waals surface area contributed by atoms with Gasteiger partial charge in [0, 0.05) is 0 Å². The lowest BCUT2D eigenvalue weighted by molar-refractivity contribution is -0.210. The van der Waals surface area contributed by atoms with Crippen molar-refractivity contribution in [2.24, 2.45) is 0 Å². The Balaban J connectivity index is 1.33. The fourth-order valence-electron chi connectivity index (χ4n) is 6.89. The Morgan fingerprint density at radius 3 is 2.05 bits per heavy atom. The number of ether oxygens (including phenoxy) is 4. The van der Waals surface area contributed by atoms with Crippen molar-refractivity contribution in [2.45, 2.75) is 56.1 Å². The second-order valence-electron chi connectivity index (χ2n) is 11.9. The molecule has 0 aliphatic carbocycles. The molecule has 2 fully saturated rings. The standard InChI is InChI=1S/C35H33N5O4/c1-33(2)43-31-28(42-30(34(31,3)44-33)27-19-23(20-36)29-32(37)38-22-39-40(27)29)21-41-35(24-13-7-4-8-14-24,25-15-9-5-10-16-25)26-17-11-6-12-18-26/h4-19,22,28,30-31H,21H2,1-3H3,(H2,37,38,39)/t28-,30+,31-,34+/m1/s1. The molecular formula is C35H33N5O4. The normalized spacial score (nSPS) is 24.3. The lowest BCUT2D eigenvalue weighted by Gasteiger charge is -2.37. The van der Waals surface area contributed by atoms with E-state index in [2.05, 4.69) is 52.6 Å². The number of hydrogen-bond donors (Lipinski definition) is 1. The van der Waals surface area contributed by atoms with Crippen molar-refractivity contribution >= 4 is 11.3 Å². The van der Waals surface area contributed by atoms with E-state index in [4.69, 9.17) is 24.7 Å². The Morgan fingerprint density at radius 2 is 1.50 bits per heavy atom. The smallest absolute Gasteiger partial charge is 0.164 e. The summed E-state index contributed by atoms with van der Waals surface area (Å²) in [6, 6.07) is 34.6. The summed E-state index contributed by atoms with van der Waals surface area (Å²) in [4.78, 5) is 4.10. The summed E-state index contributed by atoms with van der Waals surface area (Å²) in [5.74, 6) is -0.668. The third kappa shape index (κ3) is 4.38. The van der Waals surface area contributed by atoms with Crippen molar-refractivity contribution in [1.29, 1.82) is 5.26 Å². The third-order valence-corrected chi connectivity index (χ3v) is 8.61. The van der Waals surface area contributed by atoms with Gasteiger partial charge in [-0.15, -0.1) is 0 Å². The van der Waals surface area contributed by atoms with Crippen LogP contribution in [0.2, 0.25) is 0 Å². The minimum Gasteiger partial charge on any atom is -0.382 e. The maximum atomic E-state index is 9.91. The van der Waals surface area contributed by atoms with Crippen molar-refractivity contribution in [1.82, 2.24) is 14.6 Å². The molecule has 5 aromatic rings. The van der Waals surface area contributed by atoms with Crippen molar-refractivity contribution < 1.29 is 18.9 Å². The molecule has 2 aliphatic heterocycles. The van der Waals surface area contributed by atoms with Gasteiger partial charge in [-0.05, 0) is 43.5 Å². The predicted octanol–water partition coefficient (Wildman–Crippen LogP) is 5.54. The van der Waals surface area contributed by atoms with Crippen LogP contribution in [0.5, 0.6) is 0 Å². The molecule has 0 unspecified atom stereocenters. The summed E-state index contributed by atoms with van der Waals surface area (Å²) in [7, 11) is 0. The fraction of sp³-hybridized carbons (Fsp3) is 0.286. The zero-order chi connectivity index (χ0) is 30.5. The molecule has 7 rings (SSSR count). The molecule has 0 spiro atoms. The second kappa shape index (κ2) is 10.5. The van der Waals surface area contributed by atoms with Gasteiger partial charge < -0.3 is 24.7 Å². The van der Waals surface area contributed by atoms with Crippen LogP contribution in [0.25, 0.3) is 5.52 Å². The molecular weight excluding hydrogens is 554 g/mol. The highest BCUT2D eigenvalue weighted by molar-refractivity contribution is 5.74. The Bertz CT molecular complexity index is 1740. The van der Waals surface area contributed by atoms with E-state index in [1.165, 1.54) is 6.33 Å². The lowest BCUT2D eigenvalue weighted by Crippen LogP contribution is -2.43. The minimum atomic E-state index is -0.936. The summed E-state index contributed by atoms with van der Waals surface area (Å²) in [5.41, 5.74) is 8.70. The summed E-state index contributed by atoms with van der Waals surface area (Å²) in [6.07, 6.45) is -0.298. The molecule has 222 valence electrons. The maximum absolute atomic E-state index is 9.91. The van der Waals surface area contributed by atoms with Crippen LogP contribution in [0.1, 0.15) is 54.8 Å². The molecule has 9 nitrogen and oxygen atoms in total. The van der Waals surface area contributed by atoms with Crippen molar-refractivity contribution in [3.05, 3.63) is 131 Å². The zero-order valence-electron chi connectivity index (χ0n) is 24.8. The van der Waals surface area contributed by atoms with E-state index in [0.29, 0.717) is 16.8 Å². The zero-order valence-corrected chi connectivity index (χ0v) is 24.8. The van der Waals surface area contributed by atoms with E-state index in [1.54, 1.807) is 10.6 Å². The number of fused-ring (bicyclic) bond motifs is 2. The first kappa shape index (κ1) is 28.2. The molecule has 4 heterocycles. The van der Waals surface area contributed by atoms with E-state index < -0.39 is 35.3 Å². The van der Waals surface area contributed by atoms with Crippen LogP contribution in [0.3, 0.4) is 0 Å². The molecule has 2 saturated heterocycles. The predicted molar refractivity (Wildman–Crippen MR) is 163 cm³/mol. The minimum absolute atomic E-state index is 0.181. The first-order chi connectivity index (χ1) is 21.3. The van der Waals surface area contributed by atoms with Gasteiger partial charge in [0.05, 0.1) is 17.9 Å². The summed E-state index contributed by atoms with van der Waals surface area (Å²) in [6.45, 7) is 5.95. The van der Waals surface area contributed by atoms with E-state index in [0.717, 1.165) is 16.7 Å². The molecule has 3 aromatic carbocycles. The molecule has 9 heteroatoms. The Morgan fingerprint density at radius 1 is 0.932 bits per heavy atom. The van der Waals surface area contributed by atoms with Gasteiger partial charge in [0.15, 0.2) is 11.6 Å². The third-order valence-electron chi connectivity index (χ3n) is 8.61. The van der Waals surface area contributed by atoms with Gasteiger partial charge in [-0.3, -0.25) is 0 Å². The molecule has 0 bridgehead atoms. The fourth-order valence-corrected chi connectivity index (χ4v) is 6.89. The average molecular weight is 588 g/mol. The number of rotatable bonds is 7. The number of nitrogen functional groups attached to an aromatic ring is 1. The van der Waals surface area contributed by atoms with E-state index in [-0.39, 0.29) is 12.4 Å². The molecule has 0 radical (unpaired) electrons. The number of nitriles is 1. The molecule has 2 aromatic heterocycles. The van der Waals surface area contributed by atoms with E-state index >= 15 is 0 Å². The van der Waals surface area contributed by atoms with Crippen LogP contribution >= 0.6 is 0 Å². The number of benzene rings is 3. The number of hydrogen-bond acceptors (Lipinski definition) is 8. The largest absolute Gasteiger partial charge is 0.382 e. The maximum Gasteiger partial charge on any atom is 0.164 e. The summed E-state index contributed by atoms with van der Waals surface area (Å²) < 4.78 is 28.7. The lowest BCUT2D eigenvalue weighted by atomic mass is 9.80. The summed E-state index contributed by atoms with van der Waals surface area (Å²) >= 11 is 0. The highest BCUT2D eigenvalue weighted by Crippen LogP contribution is 2.54. The molecule has 2 aliphatic rings. The van der Waals surface area contributed by atoms with Crippen molar-refractivity contribution in [3.63, 3.8) is 0 Å². The molecule has 0 saturated carbocycles. The van der Waals surface area contributed by atoms with Gasteiger partial charge in [0.2, 0.25) is 0 Å². The van der Waals surface area contributed by atoms with Gasteiger partial charge in [-0.1, -0.05) is 91.0 Å². The van der Waals surface area contributed by atoms with Gasteiger partial charge in [0.1, 0.15) is 47.4 Å². The van der Waals surface area contributed by atoms with Gasteiger partial charge in [-0.2, -0.15) is 10.4 Å². The van der Waals surface area contributed by atoms with Gasteiger partial charge in [-0.25, -0.2) is 9.50 Å². The van der Waals surface area contributed by atoms with Crippen LogP contribution in [0.15, 0.2) is 103 Å². The first-order valence-electron chi connectivity index (χ1n) is 14.6. The van der Waals surface area contributed by atoms with Gasteiger partial charge in [0.25, 0.3) is 0 Å². The topological polar surface area (TPSA) is 117 Å². The molecule has 2 N–H and O–H groups in total. The van der Waals surface area contributed by atoms with Crippen LogP contribution in [0.4, 0.5) is 5.82 Å². The molecule has 44 heavy (non-hydrogen) atoms. The first-order valence-corrected chi connectivity index (χ1v) is 14.6. The van der Waals surface area contributed by atoms with Crippen molar-refractivity contribution in [2.75, 3.05) is 12.3 Å². The van der Waals surface area contributed by atoms with E-state index in [9.17, 15) is 5.26 Å². The number of nitrogens with zero attached hydrogens (tertiary/aromatic N) is 4. The second-order valence-corrected chi connectivity index (χ2v) is 11.9. The van der Waals surface area contributed by atoms with Gasteiger partial charge >= 0.3 is 0 Å². The SMILES string of the molecule is CC1(C)O[C@@H]2[C@@H](COC(c3ccccc3)(c3ccccc3)c3ccccc3)O[C@@H](c3cc(C#N)c4c(N)ncnn34)[C@]2(C)O1. The highest BCUT2D eigenvalue weighted by atomic mass is 16.8. The molecule has 4 atom stereocenters. The van der Waals surface area contributed by atoms with Crippen LogP contribution in [-0.4, -0.2) is 44.8 Å². The highest BCUT2D eigenvalue weighted by Gasteiger charge is 2.64. The monoisotopic (exact) mass is 587 g/mol. The van der Waals surface area contributed by atoms with E-state index in [1.807, 2.05) is 75.4 Å². The average Bonchev–Trinajstić information content (AvgIpc) is 3.63. The molecule has 0 amide bonds. The number of anilines is 1. The summed E-state index contributed by atoms with van der Waals surface area (Å²) in [5, 5.41) is 14.3. The number of aromatic nitrogens is 3. The Kier molecular flexibility index (Phi) is 6.76.